The number of aromatic carboxylic acids is 1. The summed E-state index contributed by atoms with van der Waals surface area (Å²) in [7, 11) is 0. The van der Waals surface area contributed by atoms with Gasteiger partial charge in [0.2, 0.25) is 11.6 Å². The third-order valence-corrected chi connectivity index (χ3v) is 1.82. The predicted octanol–water partition coefficient (Wildman–Crippen LogP) is 2.88. The van der Waals surface area contributed by atoms with Crippen molar-refractivity contribution in [3.8, 4) is 5.75 Å². The lowest BCUT2D eigenvalue weighted by Crippen LogP contribution is -2.21. The average molecular weight is 292 g/mol. The first-order valence-electron chi connectivity index (χ1n) is 4.35. The zero-order valence-electron chi connectivity index (χ0n) is 8.62. The molecule has 1 aromatic rings. The minimum Gasteiger partial charge on any atom is -0.478 e. The third-order valence-electron chi connectivity index (χ3n) is 1.82. The Morgan fingerprint density at radius 3 is 1.74 bits per heavy atom. The molecule has 0 aromatic heterocycles. The normalized spacial score (nSPS) is 11.5. The number of rotatable bonds is 3. The van der Waals surface area contributed by atoms with Crippen LogP contribution in [0, 0.1) is 23.3 Å². The zero-order chi connectivity index (χ0) is 15.0. The summed E-state index contributed by atoms with van der Waals surface area (Å²) in [5.41, 5.74) is -1.96. The fourth-order valence-corrected chi connectivity index (χ4v) is 1.08. The topological polar surface area (TPSA) is 46.5 Å². The third kappa shape index (κ3) is 3.06. The van der Waals surface area contributed by atoms with Crippen molar-refractivity contribution in [1.82, 2.24) is 0 Å². The largest absolute Gasteiger partial charge is 0.478 e. The molecule has 0 radical (unpaired) electrons. The SMILES string of the molecule is O=C(O)c1c(F)c(F)c(OCC(F)(F)F)c(F)c1F. The van der Waals surface area contributed by atoms with Crippen molar-refractivity contribution in [3.05, 3.63) is 28.8 Å². The van der Waals surface area contributed by atoms with Crippen molar-refractivity contribution in [1.29, 1.82) is 0 Å². The monoisotopic (exact) mass is 292 g/mol. The minimum absolute atomic E-state index is 1.96. The molecule has 0 spiro atoms. The van der Waals surface area contributed by atoms with E-state index in [1.165, 1.54) is 0 Å². The summed E-state index contributed by atoms with van der Waals surface area (Å²) in [4.78, 5) is 10.3. The molecular weight excluding hydrogens is 289 g/mol. The number of ether oxygens (including phenoxy) is 1. The maximum atomic E-state index is 13.1. The molecule has 0 aliphatic rings. The van der Waals surface area contributed by atoms with Crippen LogP contribution in [0.15, 0.2) is 0 Å². The molecular formula is C9H3F7O3. The Kier molecular flexibility index (Phi) is 3.91. The van der Waals surface area contributed by atoms with Gasteiger partial charge < -0.3 is 9.84 Å². The van der Waals surface area contributed by atoms with E-state index in [2.05, 4.69) is 4.74 Å². The highest BCUT2D eigenvalue weighted by atomic mass is 19.4. The number of alkyl halides is 3. The predicted molar refractivity (Wildman–Crippen MR) is 44.8 cm³/mol. The summed E-state index contributed by atoms with van der Waals surface area (Å²) < 4.78 is 91.2. The van der Waals surface area contributed by atoms with E-state index >= 15 is 0 Å². The molecule has 0 bridgehead atoms. The molecule has 0 atom stereocenters. The van der Waals surface area contributed by atoms with Crippen LogP contribution >= 0.6 is 0 Å². The first kappa shape index (κ1) is 15.1. The summed E-state index contributed by atoms with van der Waals surface area (Å²) >= 11 is 0. The molecule has 0 saturated heterocycles. The molecule has 3 nitrogen and oxygen atoms in total. The highest BCUT2D eigenvalue weighted by Crippen LogP contribution is 2.31. The second kappa shape index (κ2) is 4.94. The Hall–Kier alpha value is -2.00. The number of carboxylic acids is 1. The number of benzene rings is 1. The highest BCUT2D eigenvalue weighted by molar-refractivity contribution is 5.88. The Bertz CT molecular complexity index is 495. The van der Waals surface area contributed by atoms with Crippen LogP contribution in [0.1, 0.15) is 10.4 Å². The summed E-state index contributed by atoms with van der Waals surface area (Å²) in [5, 5.41) is 8.31. The van der Waals surface area contributed by atoms with Gasteiger partial charge in [0.25, 0.3) is 0 Å². The molecule has 0 amide bonds. The van der Waals surface area contributed by atoms with Crippen LogP contribution in [0.2, 0.25) is 0 Å². The molecule has 106 valence electrons. The van der Waals surface area contributed by atoms with Gasteiger partial charge in [-0.1, -0.05) is 0 Å². The molecule has 0 saturated carbocycles. The van der Waals surface area contributed by atoms with Crippen LogP contribution < -0.4 is 4.74 Å². The van der Waals surface area contributed by atoms with Gasteiger partial charge in [-0.05, 0) is 0 Å². The highest BCUT2D eigenvalue weighted by Gasteiger charge is 2.34. The maximum absolute atomic E-state index is 13.1. The van der Waals surface area contributed by atoms with Crippen molar-refractivity contribution in [2.24, 2.45) is 0 Å². The van der Waals surface area contributed by atoms with Crippen molar-refractivity contribution >= 4 is 5.97 Å². The molecule has 1 rings (SSSR count). The van der Waals surface area contributed by atoms with E-state index in [0.717, 1.165) is 0 Å². The Balaban J connectivity index is 3.32. The molecule has 0 fully saturated rings. The van der Waals surface area contributed by atoms with Crippen molar-refractivity contribution in [2.75, 3.05) is 6.61 Å². The fraction of sp³-hybridized carbons (Fsp3) is 0.222. The van der Waals surface area contributed by atoms with Gasteiger partial charge in [0.15, 0.2) is 24.0 Å². The molecule has 19 heavy (non-hydrogen) atoms. The number of hydrogen-bond donors (Lipinski definition) is 1. The molecule has 0 unspecified atom stereocenters. The van der Waals surface area contributed by atoms with Gasteiger partial charge in [0, 0.05) is 0 Å². The first-order chi connectivity index (χ1) is 8.56. The zero-order valence-corrected chi connectivity index (χ0v) is 8.62. The van der Waals surface area contributed by atoms with E-state index < -0.39 is 53.3 Å². The first-order valence-corrected chi connectivity index (χ1v) is 4.35. The van der Waals surface area contributed by atoms with Gasteiger partial charge in [-0.25, -0.2) is 13.6 Å². The number of carbonyl (C=O) groups is 1. The summed E-state index contributed by atoms with van der Waals surface area (Å²) in [5.74, 6) is -13.7. The Morgan fingerprint density at radius 2 is 1.42 bits per heavy atom. The summed E-state index contributed by atoms with van der Waals surface area (Å²) in [6.07, 6.45) is -5.00. The number of halogens is 7. The van der Waals surface area contributed by atoms with Gasteiger partial charge in [-0.3, -0.25) is 0 Å². The molecule has 1 N–H and O–H groups in total. The van der Waals surface area contributed by atoms with Gasteiger partial charge >= 0.3 is 12.1 Å². The van der Waals surface area contributed by atoms with Crippen LogP contribution in [0.3, 0.4) is 0 Å². The van der Waals surface area contributed by atoms with Crippen LogP contribution in [0.4, 0.5) is 30.7 Å². The molecule has 1 aromatic carbocycles. The van der Waals surface area contributed by atoms with Crippen molar-refractivity contribution in [3.63, 3.8) is 0 Å². The summed E-state index contributed by atoms with van der Waals surface area (Å²) in [6.45, 7) is -2.20. The molecule has 10 heteroatoms. The van der Waals surface area contributed by atoms with E-state index in [1.807, 2.05) is 0 Å². The van der Waals surface area contributed by atoms with Crippen LogP contribution in [-0.2, 0) is 0 Å². The van der Waals surface area contributed by atoms with Crippen LogP contribution in [0.5, 0.6) is 5.75 Å². The van der Waals surface area contributed by atoms with Gasteiger partial charge in [-0.15, -0.1) is 0 Å². The number of carboxylic acid groups (broad SMARTS) is 1. The van der Waals surface area contributed by atoms with Gasteiger partial charge in [-0.2, -0.15) is 22.0 Å². The Morgan fingerprint density at radius 1 is 1.00 bits per heavy atom. The second-order valence-corrected chi connectivity index (χ2v) is 3.17. The smallest absolute Gasteiger partial charge is 0.422 e. The summed E-state index contributed by atoms with van der Waals surface area (Å²) in [6, 6.07) is 0. The van der Waals surface area contributed by atoms with E-state index in [9.17, 15) is 35.5 Å². The van der Waals surface area contributed by atoms with Gasteiger partial charge in [0.05, 0.1) is 0 Å². The van der Waals surface area contributed by atoms with E-state index in [-0.39, 0.29) is 0 Å². The van der Waals surface area contributed by atoms with E-state index in [1.54, 1.807) is 0 Å². The second-order valence-electron chi connectivity index (χ2n) is 3.17. The van der Waals surface area contributed by atoms with E-state index in [0.29, 0.717) is 0 Å². The number of hydrogen-bond acceptors (Lipinski definition) is 2. The lowest BCUT2D eigenvalue weighted by molar-refractivity contribution is -0.154. The van der Waals surface area contributed by atoms with Gasteiger partial charge in [0.1, 0.15) is 5.56 Å². The lowest BCUT2D eigenvalue weighted by atomic mass is 10.1. The molecule has 0 heterocycles. The lowest BCUT2D eigenvalue weighted by Gasteiger charge is -2.12. The molecule has 0 aliphatic carbocycles. The average Bonchev–Trinajstić information content (AvgIpc) is 2.24. The van der Waals surface area contributed by atoms with Crippen molar-refractivity contribution in [2.45, 2.75) is 6.18 Å². The van der Waals surface area contributed by atoms with Crippen LogP contribution in [0.25, 0.3) is 0 Å². The van der Waals surface area contributed by atoms with Crippen molar-refractivity contribution < 1.29 is 45.4 Å². The maximum Gasteiger partial charge on any atom is 0.422 e. The quantitative estimate of drug-likeness (QED) is 0.688. The fourth-order valence-electron chi connectivity index (χ4n) is 1.08. The molecule has 0 aliphatic heterocycles. The Labute approximate surface area is 99.8 Å². The standard InChI is InChI=1S/C9H3F7O3/c10-3-2(8(17)18)4(11)6(13)7(5(3)12)19-1-9(14,15)16/h1H2,(H,17,18). The minimum atomic E-state index is -5.00. The van der Waals surface area contributed by atoms with E-state index in [4.69, 9.17) is 5.11 Å². The van der Waals surface area contributed by atoms with Crippen LogP contribution in [-0.4, -0.2) is 23.9 Å².